The third-order valence-corrected chi connectivity index (χ3v) is 7.25. The highest BCUT2D eigenvalue weighted by Gasteiger charge is 2.30. The topological polar surface area (TPSA) is 202 Å². The molecule has 9 N–H and O–H groups in total. The maximum Gasteiger partial charge on any atom is 0.240 e. The van der Waals surface area contributed by atoms with Crippen LogP contribution in [-0.2, 0) is 10.0 Å². The number of aromatic amines is 1. The van der Waals surface area contributed by atoms with E-state index in [1.165, 1.54) is 0 Å². The lowest BCUT2D eigenvalue weighted by Crippen LogP contribution is -2.35. The van der Waals surface area contributed by atoms with E-state index in [9.17, 15) is 13.5 Å². The second kappa shape index (κ2) is 10.7. The molecule has 0 spiro atoms. The zero-order valence-electron chi connectivity index (χ0n) is 17.1. The lowest BCUT2D eigenvalue weighted by Gasteiger charge is -2.35. The van der Waals surface area contributed by atoms with E-state index in [0.29, 0.717) is 28.6 Å². The van der Waals surface area contributed by atoms with Gasteiger partial charge in [-0.1, -0.05) is 0 Å². The minimum atomic E-state index is -4.14. The number of piperidine rings is 1. The van der Waals surface area contributed by atoms with E-state index in [0.717, 1.165) is 44.3 Å². The monoisotopic (exact) mass is 471 g/mol. The van der Waals surface area contributed by atoms with E-state index < -0.39 is 16.1 Å². The number of tetrazole rings is 1. The van der Waals surface area contributed by atoms with Crippen LogP contribution in [0.1, 0.15) is 19.3 Å². The molecule has 2 aromatic rings. The molecule has 0 aliphatic carbocycles. The number of nitrogens with one attached hydrogen (secondary N) is 2. The Labute approximate surface area is 185 Å². The fraction of sp³-hybridized carbons (Fsp3) is 0.588. The molecule has 0 amide bonds. The number of benzene rings is 1. The van der Waals surface area contributed by atoms with Gasteiger partial charge < -0.3 is 21.5 Å². The van der Waals surface area contributed by atoms with Crippen molar-refractivity contribution in [1.29, 1.82) is 0 Å². The SMILES string of the molecule is NCCC1CCN(c2ccc(SNC[C@H](O)CN)c(S(N)(=O)=O)c2-c2nn[nH]n2)CC1. The average molecular weight is 472 g/mol. The highest BCUT2D eigenvalue weighted by molar-refractivity contribution is 7.98. The number of anilines is 1. The Morgan fingerprint density at radius 1 is 1.32 bits per heavy atom. The average Bonchev–Trinajstić information content (AvgIpc) is 3.28. The molecule has 0 saturated carbocycles. The fourth-order valence-corrected chi connectivity index (χ4v) is 5.72. The molecule has 31 heavy (non-hydrogen) atoms. The number of sulfonamides is 1. The van der Waals surface area contributed by atoms with Crippen molar-refractivity contribution < 1.29 is 13.5 Å². The van der Waals surface area contributed by atoms with Crippen LogP contribution in [0.25, 0.3) is 11.4 Å². The first-order valence-electron chi connectivity index (χ1n) is 10.0. The third-order valence-electron chi connectivity index (χ3n) is 5.26. The summed E-state index contributed by atoms with van der Waals surface area (Å²) in [6.07, 6.45) is 2.14. The van der Waals surface area contributed by atoms with Crippen molar-refractivity contribution in [1.82, 2.24) is 25.3 Å². The lowest BCUT2D eigenvalue weighted by atomic mass is 9.93. The van der Waals surface area contributed by atoms with E-state index >= 15 is 0 Å². The fourth-order valence-electron chi connectivity index (χ4n) is 3.66. The van der Waals surface area contributed by atoms with Crippen LogP contribution in [-0.4, -0.2) is 73.0 Å². The first-order valence-corrected chi connectivity index (χ1v) is 12.4. The van der Waals surface area contributed by atoms with Gasteiger partial charge in [-0.3, -0.25) is 4.72 Å². The second-order valence-electron chi connectivity index (χ2n) is 7.42. The van der Waals surface area contributed by atoms with Gasteiger partial charge in [0.2, 0.25) is 15.8 Å². The normalized spacial score (nSPS) is 16.6. The van der Waals surface area contributed by atoms with Gasteiger partial charge in [-0.2, -0.15) is 5.21 Å². The van der Waals surface area contributed by atoms with Crippen molar-refractivity contribution >= 4 is 27.7 Å². The van der Waals surface area contributed by atoms with Gasteiger partial charge in [-0.05, 0) is 61.0 Å². The van der Waals surface area contributed by atoms with E-state index in [2.05, 4.69) is 30.2 Å². The molecule has 0 unspecified atom stereocenters. The number of nitrogens with two attached hydrogens (primary N) is 3. The summed E-state index contributed by atoms with van der Waals surface area (Å²) in [6.45, 7) is 2.44. The number of primary sulfonamides is 1. The van der Waals surface area contributed by atoms with Gasteiger partial charge in [0.05, 0.1) is 11.7 Å². The highest BCUT2D eigenvalue weighted by atomic mass is 32.2. The van der Waals surface area contributed by atoms with Crippen LogP contribution in [0.5, 0.6) is 0 Å². The molecule has 1 saturated heterocycles. The number of rotatable bonds is 10. The zero-order chi connectivity index (χ0) is 22.4. The van der Waals surface area contributed by atoms with Crippen LogP contribution >= 0.6 is 11.9 Å². The summed E-state index contributed by atoms with van der Waals surface area (Å²) in [4.78, 5) is 2.40. The molecule has 1 aromatic carbocycles. The number of hydrogen-bond acceptors (Lipinski definition) is 11. The quantitative estimate of drug-likeness (QED) is 0.232. The number of aromatic nitrogens is 4. The summed E-state index contributed by atoms with van der Waals surface area (Å²) >= 11 is 1.05. The Morgan fingerprint density at radius 3 is 2.65 bits per heavy atom. The summed E-state index contributed by atoms with van der Waals surface area (Å²) in [5, 5.41) is 29.3. The number of H-pyrrole nitrogens is 1. The first-order chi connectivity index (χ1) is 14.8. The molecule has 1 aliphatic rings. The Morgan fingerprint density at radius 2 is 2.06 bits per heavy atom. The van der Waals surface area contributed by atoms with Gasteiger partial charge in [0.15, 0.2) is 0 Å². The van der Waals surface area contributed by atoms with Gasteiger partial charge in [-0.25, -0.2) is 13.6 Å². The van der Waals surface area contributed by atoms with Crippen LogP contribution in [0.2, 0.25) is 0 Å². The molecular weight excluding hydrogens is 442 g/mol. The maximum atomic E-state index is 12.6. The minimum absolute atomic E-state index is 0.0861. The molecule has 0 bridgehead atoms. The Balaban J connectivity index is 2.00. The van der Waals surface area contributed by atoms with Crippen LogP contribution in [0.15, 0.2) is 21.9 Å². The van der Waals surface area contributed by atoms with Crippen LogP contribution < -0.4 is 26.2 Å². The molecular formula is C17H29N9O3S2. The first kappa shape index (κ1) is 23.8. The largest absolute Gasteiger partial charge is 0.390 e. The Kier molecular flexibility index (Phi) is 8.21. The summed E-state index contributed by atoms with van der Waals surface area (Å²) in [5.74, 6) is 0.702. The van der Waals surface area contributed by atoms with Gasteiger partial charge in [0, 0.05) is 36.8 Å². The van der Waals surface area contributed by atoms with Gasteiger partial charge in [0.25, 0.3) is 0 Å². The molecule has 12 nitrogen and oxygen atoms in total. The molecule has 2 heterocycles. The second-order valence-corrected chi connectivity index (χ2v) is 9.85. The van der Waals surface area contributed by atoms with Gasteiger partial charge in [0.1, 0.15) is 4.90 Å². The van der Waals surface area contributed by atoms with Crippen LogP contribution in [0.3, 0.4) is 0 Å². The maximum absolute atomic E-state index is 12.6. The molecule has 3 rings (SSSR count). The van der Waals surface area contributed by atoms with Crippen LogP contribution in [0.4, 0.5) is 5.69 Å². The predicted molar refractivity (Wildman–Crippen MR) is 119 cm³/mol. The van der Waals surface area contributed by atoms with Crippen molar-refractivity contribution in [3.8, 4) is 11.4 Å². The molecule has 1 atom stereocenters. The van der Waals surface area contributed by atoms with Crippen molar-refractivity contribution in [2.45, 2.75) is 35.2 Å². The molecule has 14 heteroatoms. The minimum Gasteiger partial charge on any atom is -0.390 e. The highest BCUT2D eigenvalue weighted by Crippen LogP contribution is 2.40. The van der Waals surface area contributed by atoms with Crippen molar-refractivity contribution in [2.75, 3.05) is 37.6 Å². The smallest absolute Gasteiger partial charge is 0.240 e. The zero-order valence-corrected chi connectivity index (χ0v) is 18.7. The number of aliphatic hydroxyl groups is 1. The predicted octanol–water partition coefficient (Wildman–Crippen LogP) is -1.00. The van der Waals surface area contributed by atoms with Crippen LogP contribution in [0, 0.1) is 5.92 Å². The molecule has 1 fully saturated rings. The number of hydrogen-bond donors (Lipinski definition) is 6. The summed E-state index contributed by atoms with van der Waals surface area (Å²) in [5.41, 5.74) is 12.1. The summed E-state index contributed by atoms with van der Waals surface area (Å²) in [6, 6.07) is 3.53. The molecule has 172 valence electrons. The molecule has 0 radical (unpaired) electrons. The lowest BCUT2D eigenvalue weighted by molar-refractivity contribution is 0.188. The van der Waals surface area contributed by atoms with E-state index in [1.54, 1.807) is 6.07 Å². The van der Waals surface area contributed by atoms with E-state index in [1.807, 2.05) is 6.07 Å². The standard InChI is InChI=1S/C17H29N9O3S2/c18-6-3-11-4-7-26(8-5-11)13-1-2-14(30-21-10-12(27)9-19)16(31(20,28)29)15(13)17-22-24-25-23-17/h1-2,11-12,21,27H,3-10,18-19H2,(H2,20,28,29)(H,22,23,24,25)/t12-/m1/s1. The summed E-state index contributed by atoms with van der Waals surface area (Å²) < 4.78 is 28.2. The van der Waals surface area contributed by atoms with Crippen molar-refractivity contribution in [2.24, 2.45) is 22.5 Å². The van der Waals surface area contributed by atoms with Crippen molar-refractivity contribution in [3.63, 3.8) is 0 Å². The van der Waals surface area contributed by atoms with Crippen molar-refractivity contribution in [3.05, 3.63) is 12.1 Å². The van der Waals surface area contributed by atoms with E-state index in [-0.39, 0.29) is 23.8 Å². The van der Waals surface area contributed by atoms with E-state index in [4.69, 9.17) is 16.6 Å². The Hall–Kier alpha value is -1.81. The molecule has 1 aromatic heterocycles. The number of nitrogens with zero attached hydrogens (tertiary/aromatic N) is 4. The van der Waals surface area contributed by atoms with Gasteiger partial charge in [-0.15, -0.1) is 10.2 Å². The Bertz CT molecular complexity index is 948. The third kappa shape index (κ3) is 5.91. The van der Waals surface area contributed by atoms with Gasteiger partial charge >= 0.3 is 0 Å². The number of aliphatic hydroxyl groups excluding tert-OH is 1. The molecule has 1 aliphatic heterocycles. The summed E-state index contributed by atoms with van der Waals surface area (Å²) in [7, 11) is -4.14.